The molecule has 0 N–H and O–H groups in total. The Morgan fingerprint density at radius 2 is 1.93 bits per heavy atom. The van der Waals surface area contributed by atoms with Crippen molar-refractivity contribution in [2.75, 3.05) is 0 Å². The zero-order chi connectivity index (χ0) is 20.2. The van der Waals surface area contributed by atoms with Gasteiger partial charge in [-0.3, -0.25) is 9.48 Å². The average Bonchev–Trinajstić information content (AvgIpc) is 3.34. The van der Waals surface area contributed by atoms with E-state index in [0.29, 0.717) is 41.9 Å². The number of nitrogens with zero attached hydrogens (tertiary/aromatic N) is 2. The molecule has 4 saturated carbocycles. The van der Waals surface area contributed by atoms with E-state index in [1.165, 1.54) is 19.3 Å². The highest BCUT2D eigenvalue weighted by Crippen LogP contribution is 2.64. The zero-order valence-electron chi connectivity index (χ0n) is 17.5. The lowest BCUT2D eigenvalue weighted by Gasteiger charge is -2.56. The number of aromatic nitrogens is 2. The largest absolute Gasteiger partial charge is 0.297 e. The predicted octanol–water partition coefficient (Wildman–Crippen LogP) is 5.60. The van der Waals surface area contributed by atoms with Crippen LogP contribution in [-0.4, -0.2) is 22.0 Å². The van der Waals surface area contributed by atoms with E-state index in [9.17, 15) is 13.6 Å². The van der Waals surface area contributed by atoms with Crippen molar-refractivity contribution in [3.05, 3.63) is 18.5 Å². The van der Waals surface area contributed by atoms with E-state index in [-0.39, 0.29) is 17.3 Å². The van der Waals surface area contributed by atoms with Crippen molar-refractivity contribution >= 4 is 5.78 Å². The van der Waals surface area contributed by atoms with Crippen LogP contribution in [0, 0.1) is 46.8 Å². The van der Waals surface area contributed by atoms with Crippen molar-refractivity contribution in [3.63, 3.8) is 0 Å². The summed E-state index contributed by atoms with van der Waals surface area (Å²) in [5.74, 6) is 3.39. The van der Waals surface area contributed by atoms with E-state index in [4.69, 9.17) is 0 Å². The highest BCUT2D eigenvalue weighted by atomic mass is 19.3. The van der Waals surface area contributed by atoms with Crippen LogP contribution >= 0.6 is 0 Å². The first-order valence-electron chi connectivity index (χ1n) is 11.8. The number of ketones is 1. The molecule has 0 spiro atoms. The van der Waals surface area contributed by atoms with E-state index < -0.39 is 6.43 Å². The summed E-state index contributed by atoms with van der Waals surface area (Å²) in [5.41, 5.74) is 0.123. The summed E-state index contributed by atoms with van der Waals surface area (Å²) in [7, 11) is 0. The average molecular weight is 405 g/mol. The first kappa shape index (κ1) is 19.7. The van der Waals surface area contributed by atoms with Crippen LogP contribution in [0.4, 0.5) is 8.78 Å². The molecule has 0 amide bonds. The second-order valence-electron chi connectivity index (χ2n) is 10.7. The molecule has 5 heteroatoms. The van der Waals surface area contributed by atoms with Crippen molar-refractivity contribution in [2.45, 2.75) is 77.7 Å². The van der Waals surface area contributed by atoms with Crippen LogP contribution in [-0.2, 0) is 11.3 Å². The Kier molecular flexibility index (Phi) is 5.06. The van der Waals surface area contributed by atoms with Crippen LogP contribution in [0.3, 0.4) is 0 Å². The lowest BCUT2D eigenvalue weighted by Crippen LogP contribution is -2.49. The number of hydrogen-bond acceptors (Lipinski definition) is 2. The Labute approximate surface area is 172 Å². The zero-order valence-corrected chi connectivity index (χ0v) is 17.5. The van der Waals surface area contributed by atoms with Gasteiger partial charge in [-0.15, -0.1) is 0 Å². The number of alkyl halides is 2. The molecular weight excluding hydrogens is 370 g/mol. The minimum atomic E-state index is -2.14. The molecule has 5 rings (SSSR count). The molecule has 29 heavy (non-hydrogen) atoms. The van der Waals surface area contributed by atoms with Gasteiger partial charge in [-0.1, -0.05) is 6.92 Å². The molecule has 0 bridgehead atoms. The highest BCUT2D eigenvalue weighted by molar-refractivity contribution is 5.82. The molecule has 1 aromatic heterocycles. The lowest BCUT2D eigenvalue weighted by atomic mass is 9.49. The summed E-state index contributed by atoms with van der Waals surface area (Å²) in [6.45, 7) is 2.78. The summed E-state index contributed by atoms with van der Waals surface area (Å²) in [4.78, 5) is 13.1. The maximum atomic E-state index is 13.3. The van der Waals surface area contributed by atoms with Crippen molar-refractivity contribution in [2.24, 2.45) is 46.8 Å². The molecule has 0 aromatic carbocycles. The molecule has 1 aromatic rings. The summed E-state index contributed by atoms with van der Waals surface area (Å²) in [6, 6.07) is 1.87. The number of rotatable bonds is 4. The molecule has 4 aliphatic rings. The molecule has 4 fully saturated rings. The second-order valence-corrected chi connectivity index (χ2v) is 10.7. The third-order valence-electron chi connectivity index (χ3n) is 9.62. The Balaban J connectivity index is 1.30. The van der Waals surface area contributed by atoms with Gasteiger partial charge in [0.25, 0.3) is 0 Å². The van der Waals surface area contributed by atoms with Gasteiger partial charge in [-0.2, -0.15) is 5.10 Å². The number of carbonyl (C=O) groups excluding carboxylic acids is 1. The molecule has 3 nitrogen and oxygen atoms in total. The SMILES string of the molecule is CC12CCC3C4CCC(C(F)F)CC4CCC3C1CCC2C(=O)Cn1cccn1. The Bertz CT molecular complexity index is 735. The quantitative estimate of drug-likeness (QED) is 0.654. The van der Waals surface area contributed by atoms with Crippen LogP contribution in [0.1, 0.15) is 64.7 Å². The highest BCUT2D eigenvalue weighted by Gasteiger charge is 2.58. The molecule has 4 aliphatic carbocycles. The van der Waals surface area contributed by atoms with Gasteiger partial charge in [0, 0.05) is 24.2 Å². The Morgan fingerprint density at radius 3 is 2.69 bits per heavy atom. The van der Waals surface area contributed by atoms with Gasteiger partial charge in [0.1, 0.15) is 0 Å². The molecule has 1 heterocycles. The van der Waals surface area contributed by atoms with E-state index in [2.05, 4.69) is 12.0 Å². The van der Waals surface area contributed by atoms with Gasteiger partial charge >= 0.3 is 0 Å². The number of fused-ring (bicyclic) bond motifs is 5. The lowest BCUT2D eigenvalue weighted by molar-refractivity contribution is -0.131. The van der Waals surface area contributed by atoms with Crippen molar-refractivity contribution < 1.29 is 13.6 Å². The minimum absolute atomic E-state index is 0.123. The van der Waals surface area contributed by atoms with Gasteiger partial charge in [-0.05, 0) is 98.9 Å². The monoisotopic (exact) mass is 404 g/mol. The van der Waals surface area contributed by atoms with Crippen molar-refractivity contribution in [1.29, 1.82) is 0 Å². The smallest absolute Gasteiger partial charge is 0.241 e. The maximum Gasteiger partial charge on any atom is 0.241 e. The molecule has 160 valence electrons. The van der Waals surface area contributed by atoms with E-state index in [1.54, 1.807) is 10.9 Å². The Hall–Kier alpha value is -1.26. The molecule has 0 saturated heterocycles. The summed E-state index contributed by atoms with van der Waals surface area (Å²) < 4.78 is 28.3. The predicted molar refractivity (Wildman–Crippen MR) is 107 cm³/mol. The molecule has 8 unspecified atom stereocenters. The minimum Gasteiger partial charge on any atom is -0.297 e. The van der Waals surface area contributed by atoms with Gasteiger partial charge in [0.05, 0.1) is 6.54 Å². The second kappa shape index (κ2) is 7.46. The molecular formula is C24H34F2N2O. The van der Waals surface area contributed by atoms with Gasteiger partial charge < -0.3 is 0 Å². The van der Waals surface area contributed by atoms with Crippen LogP contribution in [0.5, 0.6) is 0 Å². The van der Waals surface area contributed by atoms with Gasteiger partial charge in [0.2, 0.25) is 6.43 Å². The molecule has 0 radical (unpaired) electrons. The van der Waals surface area contributed by atoms with Crippen molar-refractivity contribution in [1.82, 2.24) is 9.78 Å². The number of hydrogen-bond donors (Lipinski definition) is 0. The number of halogens is 2. The van der Waals surface area contributed by atoms with Crippen molar-refractivity contribution in [3.8, 4) is 0 Å². The number of Topliss-reactive ketones (excluding diaryl/α,β-unsaturated/α-hetero) is 1. The summed E-state index contributed by atoms with van der Waals surface area (Å²) in [5, 5.41) is 4.23. The third kappa shape index (κ3) is 3.27. The van der Waals surface area contributed by atoms with Gasteiger partial charge in [-0.25, -0.2) is 8.78 Å². The normalized spacial score (nSPS) is 44.2. The summed E-state index contributed by atoms with van der Waals surface area (Å²) >= 11 is 0. The maximum absolute atomic E-state index is 13.3. The van der Waals surface area contributed by atoms with Gasteiger partial charge in [0.15, 0.2) is 5.78 Å². The standard InChI is InChI=1S/C24H34F2N2O/c1-24-10-9-18-17-5-4-16(23(25)26)13-15(17)3-6-19(18)20(24)7-8-21(24)22(29)14-28-12-2-11-27-28/h2,11-12,15-21,23H,3-10,13-14H2,1H3. The fraction of sp³-hybridized carbons (Fsp3) is 0.833. The van der Waals surface area contributed by atoms with E-state index in [1.807, 2.05) is 12.3 Å². The van der Waals surface area contributed by atoms with E-state index >= 15 is 0 Å². The van der Waals surface area contributed by atoms with Crippen LogP contribution in [0.15, 0.2) is 18.5 Å². The Morgan fingerprint density at radius 1 is 1.10 bits per heavy atom. The van der Waals surface area contributed by atoms with Crippen LogP contribution in [0.25, 0.3) is 0 Å². The van der Waals surface area contributed by atoms with E-state index in [0.717, 1.165) is 38.5 Å². The molecule has 8 atom stereocenters. The first-order valence-corrected chi connectivity index (χ1v) is 11.8. The summed E-state index contributed by atoms with van der Waals surface area (Å²) in [6.07, 6.45) is 10.8. The third-order valence-corrected chi connectivity index (χ3v) is 9.62. The topological polar surface area (TPSA) is 34.9 Å². The van der Waals surface area contributed by atoms with Crippen LogP contribution < -0.4 is 0 Å². The van der Waals surface area contributed by atoms with Crippen LogP contribution in [0.2, 0.25) is 0 Å². The number of carbonyl (C=O) groups is 1. The fourth-order valence-corrected chi connectivity index (χ4v) is 8.31. The molecule has 0 aliphatic heterocycles. The fourth-order valence-electron chi connectivity index (χ4n) is 8.31. The first-order chi connectivity index (χ1) is 14.0.